The minimum Gasteiger partial charge on any atom is -0.323 e. The number of nitro groups is 1. The lowest BCUT2D eigenvalue weighted by Crippen LogP contribution is -2.31. The van der Waals surface area contributed by atoms with Crippen LogP contribution < -0.4 is 16.4 Å². The molecular formula is C13H18BrN4O7P. The second-order valence-electron chi connectivity index (χ2n) is 5.47. The Balaban J connectivity index is 0.00000338. The summed E-state index contributed by atoms with van der Waals surface area (Å²) in [5.41, 5.74) is -1.77. The summed E-state index contributed by atoms with van der Waals surface area (Å²) in [5.74, 6) is -1.12. The number of benzene rings is 1. The topological polar surface area (TPSA) is 178 Å². The Morgan fingerprint density at radius 2 is 1.88 bits per heavy atom. The van der Waals surface area contributed by atoms with Crippen LogP contribution in [0.4, 0.5) is 5.69 Å². The Labute approximate surface area is 156 Å². The van der Waals surface area contributed by atoms with Crippen LogP contribution in [0.2, 0.25) is 0 Å². The molecule has 2 rings (SSSR count). The van der Waals surface area contributed by atoms with Crippen LogP contribution in [0.25, 0.3) is 11.0 Å². The van der Waals surface area contributed by atoms with E-state index in [0.717, 1.165) is 6.07 Å². The van der Waals surface area contributed by atoms with Gasteiger partial charge in [-0.25, -0.2) is 0 Å². The first kappa shape index (κ1) is 22.2. The highest BCUT2D eigenvalue weighted by atomic mass is 79.9. The number of nitro benzene ring substituents is 1. The van der Waals surface area contributed by atoms with Crippen molar-refractivity contribution in [2.75, 3.05) is 0 Å². The molecule has 26 heavy (non-hydrogen) atoms. The maximum absolute atomic E-state index is 11.5. The summed E-state index contributed by atoms with van der Waals surface area (Å²) in [4.78, 5) is 56.6. The van der Waals surface area contributed by atoms with E-state index in [1.54, 1.807) is 6.92 Å². The molecule has 13 heteroatoms. The van der Waals surface area contributed by atoms with Gasteiger partial charge in [0.05, 0.1) is 16.0 Å². The van der Waals surface area contributed by atoms with Crippen molar-refractivity contribution in [3.63, 3.8) is 0 Å². The molecule has 144 valence electrons. The monoisotopic (exact) mass is 452 g/mol. The third-order valence-electron chi connectivity index (χ3n) is 3.60. The molecule has 0 aliphatic carbocycles. The van der Waals surface area contributed by atoms with E-state index < -0.39 is 29.4 Å². The summed E-state index contributed by atoms with van der Waals surface area (Å²) < 4.78 is 11.5. The highest BCUT2D eigenvalue weighted by molar-refractivity contribution is 8.93. The number of hydrogen-bond acceptors (Lipinski definition) is 6. The molecule has 0 saturated heterocycles. The Kier molecular flexibility index (Phi) is 7.42. The van der Waals surface area contributed by atoms with Gasteiger partial charge in [-0.15, -0.1) is 17.0 Å². The number of fused-ring (bicyclic) bond motifs is 1. The van der Waals surface area contributed by atoms with Crippen molar-refractivity contribution >= 4 is 41.3 Å². The van der Waals surface area contributed by atoms with Crippen molar-refractivity contribution in [3.05, 3.63) is 48.5 Å². The molecule has 1 heterocycles. The molecule has 0 amide bonds. The van der Waals surface area contributed by atoms with E-state index in [2.05, 4.69) is 15.3 Å². The standard InChI is InChI=1S/C13H17N4O7P.BrH/c1-2-3-10(25(22,23)24)14-6-7-4-8(17(20)21)5-9-11(7)16-13(19)12(18)15-9;/h4-5,10,14H,2-3,6H2,1H3,(H,15,18)(H,16,19)(H2,22,23,24);1H. The van der Waals surface area contributed by atoms with Crippen molar-refractivity contribution in [3.8, 4) is 0 Å². The van der Waals surface area contributed by atoms with Crippen LogP contribution in [0.15, 0.2) is 21.7 Å². The van der Waals surface area contributed by atoms with Crippen LogP contribution in [0.3, 0.4) is 0 Å². The first-order chi connectivity index (χ1) is 11.6. The van der Waals surface area contributed by atoms with Gasteiger partial charge in [-0.3, -0.25) is 29.6 Å². The predicted molar refractivity (Wildman–Crippen MR) is 99.7 cm³/mol. The van der Waals surface area contributed by atoms with Gasteiger partial charge in [0.15, 0.2) is 0 Å². The van der Waals surface area contributed by atoms with Gasteiger partial charge in [0.1, 0.15) is 5.78 Å². The summed E-state index contributed by atoms with van der Waals surface area (Å²) >= 11 is 0. The fraction of sp³-hybridized carbons (Fsp3) is 0.385. The molecule has 2 aromatic rings. The second-order valence-corrected chi connectivity index (χ2v) is 7.27. The van der Waals surface area contributed by atoms with Gasteiger partial charge in [0.2, 0.25) is 0 Å². The molecule has 0 saturated carbocycles. The Morgan fingerprint density at radius 3 is 2.42 bits per heavy atom. The van der Waals surface area contributed by atoms with Crippen LogP contribution in [0.5, 0.6) is 0 Å². The largest absolute Gasteiger partial charge is 0.342 e. The van der Waals surface area contributed by atoms with E-state index in [0.29, 0.717) is 6.42 Å². The zero-order valence-electron chi connectivity index (χ0n) is 13.6. The average molecular weight is 453 g/mol. The Hall–Kier alpha value is -1.85. The summed E-state index contributed by atoms with van der Waals surface area (Å²) in [5, 5.41) is 13.7. The van der Waals surface area contributed by atoms with E-state index in [4.69, 9.17) is 0 Å². The number of halogens is 1. The van der Waals surface area contributed by atoms with Crippen molar-refractivity contribution in [2.24, 2.45) is 0 Å². The molecule has 0 aliphatic heterocycles. The number of nitrogens with zero attached hydrogens (tertiary/aromatic N) is 1. The highest BCUT2D eigenvalue weighted by Crippen LogP contribution is 2.42. The molecular weight excluding hydrogens is 435 g/mol. The van der Waals surface area contributed by atoms with Crippen LogP contribution in [0.1, 0.15) is 25.3 Å². The number of nitrogens with one attached hydrogen (secondary N) is 3. The van der Waals surface area contributed by atoms with Gasteiger partial charge >= 0.3 is 18.7 Å². The predicted octanol–water partition coefficient (Wildman–Crippen LogP) is 1.10. The fourth-order valence-corrected chi connectivity index (χ4v) is 3.34. The molecule has 0 radical (unpaired) electrons. The molecule has 1 aromatic carbocycles. The first-order valence-electron chi connectivity index (χ1n) is 7.35. The average Bonchev–Trinajstić information content (AvgIpc) is 2.51. The summed E-state index contributed by atoms with van der Waals surface area (Å²) in [6.45, 7) is 1.62. The molecule has 1 unspecified atom stereocenters. The Bertz CT molecular complexity index is 967. The van der Waals surface area contributed by atoms with Crippen LogP contribution in [0, 0.1) is 10.1 Å². The minimum absolute atomic E-state index is 0. The van der Waals surface area contributed by atoms with E-state index in [9.17, 15) is 34.1 Å². The van der Waals surface area contributed by atoms with Crippen molar-refractivity contribution in [1.29, 1.82) is 0 Å². The van der Waals surface area contributed by atoms with Gasteiger partial charge < -0.3 is 19.8 Å². The molecule has 1 atom stereocenters. The maximum atomic E-state index is 11.5. The van der Waals surface area contributed by atoms with E-state index >= 15 is 0 Å². The zero-order chi connectivity index (χ0) is 18.8. The van der Waals surface area contributed by atoms with E-state index in [-0.39, 0.29) is 52.2 Å². The molecule has 0 fully saturated rings. The second kappa shape index (κ2) is 8.69. The normalized spacial score (nSPS) is 12.6. The molecule has 0 bridgehead atoms. The fourth-order valence-electron chi connectivity index (χ4n) is 2.42. The van der Waals surface area contributed by atoms with Crippen LogP contribution >= 0.6 is 24.6 Å². The van der Waals surface area contributed by atoms with E-state index in [1.807, 2.05) is 0 Å². The van der Waals surface area contributed by atoms with Gasteiger partial charge in [0.25, 0.3) is 5.69 Å². The zero-order valence-corrected chi connectivity index (χ0v) is 16.2. The summed E-state index contributed by atoms with van der Waals surface area (Å²) in [6.07, 6.45) is 0.715. The maximum Gasteiger partial charge on any atom is 0.342 e. The summed E-state index contributed by atoms with van der Waals surface area (Å²) in [7, 11) is -4.41. The third-order valence-corrected chi connectivity index (χ3v) is 4.86. The van der Waals surface area contributed by atoms with Crippen molar-refractivity contribution in [1.82, 2.24) is 15.3 Å². The Morgan fingerprint density at radius 1 is 1.27 bits per heavy atom. The molecule has 0 spiro atoms. The molecule has 0 aliphatic rings. The van der Waals surface area contributed by atoms with Gasteiger partial charge in [-0.05, 0) is 12.0 Å². The number of rotatable bonds is 7. The third kappa shape index (κ3) is 5.08. The highest BCUT2D eigenvalue weighted by Gasteiger charge is 2.27. The van der Waals surface area contributed by atoms with Gasteiger partial charge in [0, 0.05) is 18.7 Å². The number of aromatic nitrogens is 2. The van der Waals surface area contributed by atoms with Crippen LogP contribution in [-0.4, -0.2) is 30.5 Å². The van der Waals surface area contributed by atoms with Crippen LogP contribution in [-0.2, 0) is 11.1 Å². The SMILES string of the molecule is Br.CCCC(NCc1cc([N+](=O)[O-])cc2[nH]c(=O)c(=O)[nH]c12)P(=O)(O)O. The van der Waals surface area contributed by atoms with E-state index in [1.165, 1.54) is 6.07 Å². The smallest absolute Gasteiger partial charge is 0.323 e. The number of hydrogen-bond donors (Lipinski definition) is 5. The van der Waals surface area contributed by atoms with Gasteiger partial charge in [-0.2, -0.15) is 0 Å². The van der Waals surface area contributed by atoms with Crippen molar-refractivity contribution in [2.45, 2.75) is 32.1 Å². The van der Waals surface area contributed by atoms with Gasteiger partial charge in [-0.1, -0.05) is 13.3 Å². The first-order valence-corrected chi connectivity index (χ1v) is 9.04. The summed E-state index contributed by atoms with van der Waals surface area (Å²) in [6, 6.07) is 2.27. The quantitative estimate of drug-likeness (QED) is 0.179. The molecule has 5 N–H and O–H groups in total. The van der Waals surface area contributed by atoms with Crippen molar-refractivity contribution < 1.29 is 19.3 Å². The molecule has 11 nitrogen and oxygen atoms in total. The lowest BCUT2D eigenvalue weighted by Gasteiger charge is -2.19. The lowest BCUT2D eigenvalue weighted by molar-refractivity contribution is -0.384. The number of aromatic amines is 2. The number of H-pyrrole nitrogens is 2. The lowest BCUT2D eigenvalue weighted by atomic mass is 10.1. The minimum atomic E-state index is -4.41. The molecule has 1 aromatic heterocycles. The number of non-ortho nitro benzene ring substituents is 1.